The molecule has 2 aromatic rings. The van der Waals surface area contributed by atoms with Gasteiger partial charge in [-0.1, -0.05) is 23.8 Å². The molecule has 0 amide bonds. The number of carboxylic acid groups (broad SMARTS) is 1. The molecule has 0 saturated heterocycles. The largest absolute Gasteiger partial charge is 0.477 e. The molecule has 0 atom stereocenters. The fourth-order valence-electron chi connectivity index (χ4n) is 1.74. The maximum atomic E-state index is 11.2. The van der Waals surface area contributed by atoms with E-state index in [4.69, 9.17) is 10.8 Å². The highest BCUT2D eigenvalue weighted by atomic mass is 16.4. The van der Waals surface area contributed by atoms with Gasteiger partial charge in [0, 0.05) is 12.6 Å². The Morgan fingerprint density at radius 1 is 1.47 bits per heavy atom. The number of nitrogens with two attached hydrogens (primary N) is 1. The topological polar surface area (TPSA) is 81.1 Å². The van der Waals surface area contributed by atoms with Gasteiger partial charge in [0.1, 0.15) is 17.1 Å². The van der Waals surface area contributed by atoms with Crippen LogP contribution in [0.4, 0.5) is 5.82 Å². The number of carbonyl (C=O) groups is 1. The molecule has 88 valence electrons. The van der Waals surface area contributed by atoms with Crippen LogP contribution >= 0.6 is 0 Å². The highest BCUT2D eigenvalue weighted by Gasteiger charge is 2.21. The average Bonchev–Trinajstić information content (AvgIpc) is 2.55. The van der Waals surface area contributed by atoms with E-state index in [1.807, 2.05) is 31.2 Å². The van der Waals surface area contributed by atoms with Crippen molar-refractivity contribution in [2.24, 2.45) is 7.05 Å². The average molecular weight is 231 g/mol. The van der Waals surface area contributed by atoms with Crippen LogP contribution < -0.4 is 5.73 Å². The van der Waals surface area contributed by atoms with Crippen molar-refractivity contribution in [1.29, 1.82) is 0 Å². The predicted octanol–water partition coefficient (Wildman–Crippen LogP) is 1.68. The Bertz CT molecular complexity index is 587. The van der Waals surface area contributed by atoms with Crippen LogP contribution in [0, 0.1) is 6.92 Å². The number of nitrogen functional groups attached to an aromatic ring is 1. The number of benzene rings is 1. The van der Waals surface area contributed by atoms with E-state index < -0.39 is 5.97 Å². The minimum absolute atomic E-state index is 0.0538. The van der Waals surface area contributed by atoms with Gasteiger partial charge in [-0.2, -0.15) is 5.10 Å². The molecule has 1 aromatic heterocycles. The second-order valence-electron chi connectivity index (χ2n) is 3.91. The van der Waals surface area contributed by atoms with Crippen molar-refractivity contribution < 1.29 is 9.90 Å². The van der Waals surface area contributed by atoms with Crippen molar-refractivity contribution in [1.82, 2.24) is 9.78 Å². The molecule has 1 aromatic carbocycles. The van der Waals surface area contributed by atoms with Gasteiger partial charge in [-0.3, -0.25) is 4.68 Å². The van der Waals surface area contributed by atoms with Gasteiger partial charge >= 0.3 is 5.97 Å². The number of aromatic nitrogens is 2. The van der Waals surface area contributed by atoms with Crippen LogP contribution in [0.1, 0.15) is 15.9 Å². The first-order valence-corrected chi connectivity index (χ1v) is 5.13. The van der Waals surface area contributed by atoms with Crippen LogP contribution in [0.2, 0.25) is 0 Å². The zero-order chi connectivity index (χ0) is 12.6. The van der Waals surface area contributed by atoms with Crippen molar-refractivity contribution >= 4 is 11.8 Å². The third-order valence-electron chi connectivity index (χ3n) is 2.60. The summed E-state index contributed by atoms with van der Waals surface area (Å²) in [6.45, 7) is 1.94. The van der Waals surface area contributed by atoms with Crippen LogP contribution in [0.5, 0.6) is 0 Å². The molecule has 0 bridgehead atoms. The molecule has 0 radical (unpaired) electrons. The normalized spacial score (nSPS) is 10.5. The number of carboxylic acids is 1. The number of anilines is 1. The Morgan fingerprint density at radius 2 is 2.18 bits per heavy atom. The SMILES string of the molecule is Cc1cccc(-c2nn(C)c(N)c2C(=O)O)c1. The summed E-state index contributed by atoms with van der Waals surface area (Å²) < 4.78 is 1.38. The lowest BCUT2D eigenvalue weighted by molar-refractivity contribution is 0.0699. The quantitative estimate of drug-likeness (QED) is 0.823. The van der Waals surface area contributed by atoms with Crippen LogP contribution in [0.25, 0.3) is 11.3 Å². The van der Waals surface area contributed by atoms with Gasteiger partial charge in [0.2, 0.25) is 0 Å². The molecule has 0 saturated carbocycles. The van der Waals surface area contributed by atoms with Gasteiger partial charge in [-0.25, -0.2) is 4.79 Å². The van der Waals surface area contributed by atoms with E-state index in [-0.39, 0.29) is 11.4 Å². The highest BCUT2D eigenvalue weighted by Crippen LogP contribution is 2.27. The first-order chi connectivity index (χ1) is 8.00. The van der Waals surface area contributed by atoms with Gasteiger partial charge in [0.15, 0.2) is 0 Å². The van der Waals surface area contributed by atoms with Gasteiger partial charge < -0.3 is 10.8 Å². The summed E-state index contributed by atoms with van der Waals surface area (Å²) >= 11 is 0. The monoisotopic (exact) mass is 231 g/mol. The molecule has 0 aliphatic heterocycles. The molecule has 1 heterocycles. The molecule has 17 heavy (non-hydrogen) atoms. The van der Waals surface area contributed by atoms with E-state index in [0.717, 1.165) is 11.1 Å². The fraction of sp³-hybridized carbons (Fsp3) is 0.167. The van der Waals surface area contributed by atoms with E-state index in [1.54, 1.807) is 7.05 Å². The Hall–Kier alpha value is -2.30. The molecule has 0 unspecified atom stereocenters. The van der Waals surface area contributed by atoms with Crippen molar-refractivity contribution in [3.63, 3.8) is 0 Å². The van der Waals surface area contributed by atoms with E-state index in [9.17, 15) is 4.79 Å². The first kappa shape index (κ1) is 11.2. The van der Waals surface area contributed by atoms with Gasteiger partial charge in [0.05, 0.1) is 0 Å². The lowest BCUT2D eigenvalue weighted by atomic mass is 10.1. The minimum atomic E-state index is -1.06. The number of rotatable bonds is 2. The highest BCUT2D eigenvalue weighted by molar-refractivity contribution is 5.99. The Labute approximate surface area is 98.5 Å². The van der Waals surface area contributed by atoms with Gasteiger partial charge in [-0.05, 0) is 13.0 Å². The molecule has 0 fully saturated rings. The maximum Gasteiger partial charge on any atom is 0.341 e. The third-order valence-corrected chi connectivity index (χ3v) is 2.60. The Kier molecular flexibility index (Phi) is 2.59. The zero-order valence-electron chi connectivity index (χ0n) is 9.64. The maximum absolute atomic E-state index is 11.2. The lowest BCUT2D eigenvalue weighted by Crippen LogP contribution is -2.04. The van der Waals surface area contributed by atoms with Crippen molar-refractivity contribution in [2.75, 3.05) is 5.73 Å². The zero-order valence-corrected chi connectivity index (χ0v) is 9.64. The van der Waals surface area contributed by atoms with Crippen LogP contribution in [0.15, 0.2) is 24.3 Å². The molecule has 0 aliphatic carbocycles. The van der Waals surface area contributed by atoms with E-state index in [1.165, 1.54) is 4.68 Å². The van der Waals surface area contributed by atoms with Gasteiger partial charge in [-0.15, -0.1) is 0 Å². The standard InChI is InChI=1S/C12H13N3O2/c1-7-4-3-5-8(6-7)10-9(12(16)17)11(13)15(2)14-10/h3-6H,13H2,1-2H3,(H,16,17). The molecule has 5 nitrogen and oxygen atoms in total. The van der Waals surface area contributed by atoms with Crippen LogP contribution in [-0.4, -0.2) is 20.9 Å². The fourth-order valence-corrected chi connectivity index (χ4v) is 1.74. The predicted molar refractivity (Wildman–Crippen MR) is 64.8 cm³/mol. The van der Waals surface area contributed by atoms with E-state index in [2.05, 4.69) is 5.10 Å². The molecule has 2 rings (SSSR count). The number of hydrogen-bond donors (Lipinski definition) is 2. The van der Waals surface area contributed by atoms with Crippen molar-refractivity contribution in [3.05, 3.63) is 35.4 Å². The Morgan fingerprint density at radius 3 is 2.76 bits per heavy atom. The summed E-state index contributed by atoms with van der Waals surface area (Å²) in [5.41, 5.74) is 7.96. The summed E-state index contributed by atoms with van der Waals surface area (Å²) in [6, 6.07) is 7.51. The minimum Gasteiger partial charge on any atom is -0.477 e. The number of hydrogen-bond acceptors (Lipinski definition) is 3. The molecule has 5 heteroatoms. The summed E-state index contributed by atoms with van der Waals surface area (Å²) in [5.74, 6) is -0.902. The molecular formula is C12H13N3O2. The third kappa shape index (κ3) is 1.87. The van der Waals surface area contributed by atoms with Gasteiger partial charge in [0.25, 0.3) is 0 Å². The number of aryl methyl sites for hydroxylation is 2. The smallest absolute Gasteiger partial charge is 0.341 e. The van der Waals surface area contributed by atoms with Crippen LogP contribution in [0.3, 0.4) is 0 Å². The van der Waals surface area contributed by atoms with E-state index in [0.29, 0.717) is 5.69 Å². The summed E-state index contributed by atoms with van der Waals surface area (Å²) in [4.78, 5) is 11.2. The van der Waals surface area contributed by atoms with Crippen molar-refractivity contribution in [2.45, 2.75) is 6.92 Å². The number of nitrogens with zero attached hydrogens (tertiary/aromatic N) is 2. The van der Waals surface area contributed by atoms with Crippen molar-refractivity contribution in [3.8, 4) is 11.3 Å². The molecular weight excluding hydrogens is 218 g/mol. The Balaban J connectivity index is 2.67. The molecule has 0 spiro atoms. The van der Waals surface area contributed by atoms with Crippen LogP contribution in [-0.2, 0) is 7.05 Å². The lowest BCUT2D eigenvalue weighted by Gasteiger charge is -2.00. The first-order valence-electron chi connectivity index (χ1n) is 5.13. The van der Waals surface area contributed by atoms with E-state index >= 15 is 0 Å². The molecule has 3 N–H and O–H groups in total. The summed E-state index contributed by atoms with van der Waals surface area (Å²) in [6.07, 6.45) is 0. The second kappa shape index (κ2) is 3.93. The summed E-state index contributed by atoms with van der Waals surface area (Å²) in [5, 5.41) is 13.3. The number of aromatic carboxylic acids is 1. The summed E-state index contributed by atoms with van der Waals surface area (Å²) in [7, 11) is 1.63. The molecule has 0 aliphatic rings. The second-order valence-corrected chi connectivity index (χ2v) is 3.91.